The maximum atomic E-state index is 13.4. The molecule has 0 fully saturated rings. The number of benzene rings is 3. The number of halogens is 5. The van der Waals surface area contributed by atoms with E-state index in [1.54, 1.807) is 20.8 Å². The largest absolute Gasteiger partial charge is 0.487 e. The average Bonchev–Trinajstić information content (AvgIpc) is 2.84. The topological polar surface area (TPSA) is 75.6 Å². The molecule has 0 aliphatic carbocycles. The highest BCUT2D eigenvalue weighted by Gasteiger charge is 2.36. The van der Waals surface area contributed by atoms with Crippen LogP contribution in [-0.4, -0.2) is 23.0 Å². The number of carbonyl (C=O) groups excluding carboxylic acids is 1. The molecule has 0 aliphatic heterocycles. The van der Waals surface area contributed by atoms with Crippen LogP contribution in [-0.2, 0) is 17.6 Å². The van der Waals surface area contributed by atoms with Crippen LogP contribution in [0.3, 0.4) is 0 Å². The first-order valence-electron chi connectivity index (χ1n) is 11.4. The lowest BCUT2D eigenvalue weighted by Gasteiger charge is -2.31. The Kier molecular flexibility index (Phi) is 8.09. The van der Waals surface area contributed by atoms with Crippen molar-refractivity contribution in [2.75, 3.05) is 0 Å². The zero-order chi connectivity index (χ0) is 27.5. The van der Waals surface area contributed by atoms with E-state index in [1.807, 2.05) is 0 Å². The smallest absolute Gasteiger partial charge is 0.416 e. The zero-order valence-corrected chi connectivity index (χ0v) is 20.3. The van der Waals surface area contributed by atoms with Crippen LogP contribution in [0.15, 0.2) is 54.6 Å². The fourth-order valence-corrected chi connectivity index (χ4v) is 3.73. The predicted octanol–water partition coefficient (Wildman–Crippen LogP) is 6.99. The monoisotopic (exact) mass is 523 g/mol. The minimum absolute atomic E-state index is 0.0872. The summed E-state index contributed by atoms with van der Waals surface area (Å²) < 4.78 is 71.3. The van der Waals surface area contributed by atoms with Crippen LogP contribution < -0.4 is 10.1 Å². The van der Waals surface area contributed by atoms with Crippen molar-refractivity contribution in [3.8, 4) is 5.75 Å². The van der Waals surface area contributed by atoms with Gasteiger partial charge in [-0.3, -0.25) is 4.79 Å². The summed E-state index contributed by atoms with van der Waals surface area (Å²) in [4.78, 5) is 25.1. The lowest BCUT2D eigenvalue weighted by Crippen LogP contribution is -2.50. The third-order valence-electron chi connectivity index (χ3n) is 6.37. The molecule has 1 atom stereocenters. The molecule has 0 saturated heterocycles. The van der Waals surface area contributed by atoms with Crippen LogP contribution in [0.4, 0.5) is 22.0 Å². The van der Waals surface area contributed by atoms with E-state index in [-0.39, 0.29) is 28.9 Å². The Hall–Kier alpha value is -3.69. The predicted molar refractivity (Wildman–Crippen MR) is 128 cm³/mol. The van der Waals surface area contributed by atoms with Crippen molar-refractivity contribution in [3.05, 3.63) is 76.9 Å². The molecule has 37 heavy (non-hydrogen) atoms. The van der Waals surface area contributed by atoms with Gasteiger partial charge >= 0.3 is 12.1 Å². The van der Waals surface area contributed by atoms with Gasteiger partial charge in [-0.2, -0.15) is 13.2 Å². The Labute approximate surface area is 210 Å². The number of amides is 1. The SMILES string of the molecule is CCC(C)(C)[C@H](NC(=O)c1ccc2ccc(C(F)F)cc2c1OCc1ccc(C(F)(F)F)cc1)C(=O)O. The lowest BCUT2D eigenvalue weighted by atomic mass is 9.81. The van der Waals surface area contributed by atoms with E-state index in [9.17, 15) is 36.6 Å². The number of rotatable bonds is 9. The molecule has 0 saturated carbocycles. The third kappa shape index (κ3) is 6.36. The molecular formula is C27H26F5NO4. The van der Waals surface area contributed by atoms with E-state index < -0.39 is 41.5 Å². The number of carbonyl (C=O) groups is 2. The fraction of sp³-hybridized carbons (Fsp3) is 0.333. The van der Waals surface area contributed by atoms with Crippen molar-refractivity contribution in [2.45, 2.75) is 52.4 Å². The van der Waals surface area contributed by atoms with Gasteiger partial charge in [0.2, 0.25) is 0 Å². The minimum Gasteiger partial charge on any atom is -0.487 e. The van der Waals surface area contributed by atoms with Crippen molar-refractivity contribution in [3.63, 3.8) is 0 Å². The quantitative estimate of drug-likeness (QED) is 0.296. The van der Waals surface area contributed by atoms with Crippen molar-refractivity contribution in [2.24, 2.45) is 5.41 Å². The summed E-state index contributed by atoms with van der Waals surface area (Å²) in [7, 11) is 0. The molecule has 2 N–H and O–H groups in total. The number of hydrogen-bond acceptors (Lipinski definition) is 3. The highest BCUT2D eigenvalue weighted by atomic mass is 19.4. The summed E-state index contributed by atoms with van der Waals surface area (Å²) in [5.74, 6) is -2.12. The van der Waals surface area contributed by atoms with Crippen LogP contribution in [0.1, 0.15) is 60.7 Å². The maximum absolute atomic E-state index is 13.4. The lowest BCUT2D eigenvalue weighted by molar-refractivity contribution is -0.142. The van der Waals surface area contributed by atoms with Gasteiger partial charge in [-0.15, -0.1) is 0 Å². The molecule has 3 rings (SSSR count). The van der Waals surface area contributed by atoms with Gasteiger partial charge in [-0.25, -0.2) is 13.6 Å². The molecule has 0 bridgehead atoms. The Morgan fingerprint density at radius 3 is 2.16 bits per heavy atom. The van der Waals surface area contributed by atoms with Gasteiger partial charge in [-0.1, -0.05) is 51.1 Å². The highest BCUT2D eigenvalue weighted by molar-refractivity contribution is 6.05. The average molecular weight is 523 g/mol. The van der Waals surface area contributed by atoms with Gasteiger partial charge in [0.25, 0.3) is 12.3 Å². The second-order valence-corrected chi connectivity index (χ2v) is 9.29. The van der Waals surface area contributed by atoms with Crippen molar-refractivity contribution >= 4 is 22.6 Å². The molecule has 0 radical (unpaired) electrons. The number of aliphatic carboxylic acids is 1. The molecule has 0 unspecified atom stereocenters. The molecule has 0 heterocycles. The number of hydrogen-bond donors (Lipinski definition) is 2. The van der Waals surface area contributed by atoms with Crippen molar-refractivity contribution in [1.82, 2.24) is 5.32 Å². The van der Waals surface area contributed by atoms with E-state index in [4.69, 9.17) is 4.74 Å². The molecule has 0 aromatic heterocycles. The second kappa shape index (κ2) is 10.7. The normalized spacial score (nSPS) is 13.0. The van der Waals surface area contributed by atoms with Gasteiger partial charge in [0, 0.05) is 10.9 Å². The first-order valence-corrected chi connectivity index (χ1v) is 11.4. The molecule has 3 aromatic carbocycles. The number of carboxylic acid groups (broad SMARTS) is 1. The summed E-state index contributed by atoms with van der Waals surface area (Å²) in [6.07, 6.45) is -6.87. The van der Waals surface area contributed by atoms with E-state index in [0.717, 1.165) is 12.1 Å². The van der Waals surface area contributed by atoms with E-state index in [1.165, 1.54) is 42.5 Å². The Bertz CT molecular complexity index is 1290. The molecule has 0 aliphatic rings. The fourth-order valence-electron chi connectivity index (χ4n) is 3.73. The molecular weight excluding hydrogens is 497 g/mol. The zero-order valence-electron chi connectivity index (χ0n) is 20.3. The van der Waals surface area contributed by atoms with E-state index in [2.05, 4.69) is 5.32 Å². The number of fused-ring (bicyclic) bond motifs is 1. The Balaban J connectivity index is 2.04. The van der Waals surface area contributed by atoms with Crippen molar-refractivity contribution in [1.29, 1.82) is 0 Å². The number of alkyl halides is 5. The summed E-state index contributed by atoms with van der Waals surface area (Å²) in [6.45, 7) is 4.88. The van der Waals surface area contributed by atoms with Gasteiger partial charge < -0.3 is 15.2 Å². The third-order valence-corrected chi connectivity index (χ3v) is 6.37. The standard InChI is InChI=1S/C27H26F5NO4/c1-4-26(2,3)22(25(35)36)33-24(34)19-12-9-16-7-8-17(23(28)29)13-20(16)21(19)37-14-15-5-10-18(11-6-15)27(30,31)32/h5-13,22-23H,4,14H2,1-3H3,(H,33,34)(H,35,36)/t22-/m1/s1. The molecule has 5 nitrogen and oxygen atoms in total. The maximum Gasteiger partial charge on any atom is 0.416 e. The number of ether oxygens (including phenoxy) is 1. The number of nitrogens with one attached hydrogen (secondary N) is 1. The molecule has 198 valence electrons. The van der Waals surface area contributed by atoms with Gasteiger partial charge in [0.1, 0.15) is 18.4 Å². The first-order chi connectivity index (χ1) is 17.2. The van der Waals surface area contributed by atoms with Crippen LogP contribution in [0.2, 0.25) is 0 Å². The summed E-state index contributed by atoms with van der Waals surface area (Å²) in [5, 5.41) is 12.9. The molecule has 3 aromatic rings. The number of carboxylic acids is 1. The summed E-state index contributed by atoms with van der Waals surface area (Å²) >= 11 is 0. The van der Waals surface area contributed by atoms with Crippen LogP contribution in [0, 0.1) is 5.41 Å². The second-order valence-electron chi connectivity index (χ2n) is 9.29. The van der Waals surface area contributed by atoms with Gasteiger partial charge in [-0.05, 0) is 47.1 Å². The Morgan fingerprint density at radius 2 is 1.62 bits per heavy atom. The molecule has 10 heteroatoms. The van der Waals surface area contributed by atoms with Gasteiger partial charge in [0.15, 0.2) is 0 Å². The van der Waals surface area contributed by atoms with Crippen LogP contribution in [0.25, 0.3) is 10.8 Å². The minimum atomic E-state index is -4.51. The first kappa shape index (κ1) is 27.9. The Morgan fingerprint density at radius 1 is 1.00 bits per heavy atom. The molecule has 0 spiro atoms. The van der Waals surface area contributed by atoms with Crippen molar-refractivity contribution < 1.29 is 41.4 Å². The summed E-state index contributed by atoms with van der Waals surface area (Å²) in [5.41, 5.74) is -1.72. The van der Waals surface area contributed by atoms with Gasteiger partial charge in [0.05, 0.1) is 11.1 Å². The summed E-state index contributed by atoms with van der Waals surface area (Å²) in [6, 6.07) is 9.68. The highest BCUT2D eigenvalue weighted by Crippen LogP contribution is 2.35. The van der Waals surface area contributed by atoms with Crippen LogP contribution >= 0.6 is 0 Å². The van der Waals surface area contributed by atoms with Crippen LogP contribution in [0.5, 0.6) is 5.75 Å². The van der Waals surface area contributed by atoms with E-state index in [0.29, 0.717) is 17.4 Å². The molecule has 1 amide bonds. The van der Waals surface area contributed by atoms with E-state index >= 15 is 0 Å².